The van der Waals surface area contributed by atoms with E-state index in [1.54, 1.807) is 41.8 Å². The van der Waals surface area contributed by atoms with Crippen LogP contribution in [0.2, 0.25) is 0 Å². The molecule has 0 N–H and O–H groups in total. The summed E-state index contributed by atoms with van der Waals surface area (Å²) < 4.78 is 27.2. The Kier molecular flexibility index (Phi) is 7.01. The second kappa shape index (κ2) is 10.4. The maximum atomic E-state index is 13.0. The monoisotopic (exact) mass is 529 g/mol. The van der Waals surface area contributed by atoms with Gasteiger partial charge >= 0.3 is 0 Å². The van der Waals surface area contributed by atoms with Crippen molar-refractivity contribution in [2.75, 3.05) is 4.31 Å². The quantitative estimate of drug-likeness (QED) is 0.248. The molecular weight excluding hydrogens is 504 g/mol. The van der Waals surface area contributed by atoms with Crippen molar-refractivity contribution in [1.29, 1.82) is 0 Å². The number of thiophene rings is 1. The molecule has 5 aromatic rings. The van der Waals surface area contributed by atoms with Gasteiger partial charge in [-0.25, -0.2) is 14.3 Å². The van der Waals surface area contributed by atoms with Gasteiger partial charge in [0.25, 0.3) is 5.91 Å². The van der Waals surface area contributed by atoms with Gasteiger partial charge in [0.15, 0.2) is 5.65 Å². The molecule has 0 radical (unpaired) electrons. The molecule has 3 aromatic heterocycles. The number of aryl methyl sites for hydroxylation is 3. The van der Waals surface area contributed by atoms with Crippen molar-refractivity contribution in [2.45, 2.75) is 33.7 Å². The fourth-order valence-electron chi connectivity index (χ4n) is 4.46. The van der Waals surface area contributed by atoms with Crippen LogP contribution in [0.15, 0.2) is 72.1 Å². The van der Waals surface area contributed by atoms with Crippen molar-refractivity contribution in [3.05, 3.63) is 100 Å². The molecule has 0 aliphatic heterocycles. The van der Waals surface area contributed by atoms with E-state index in [1.165, 1.54) is 11.3 Å². The lowest BCUT2D eigenvalue weighted by atomic mass is 10.1. The van der Waals surface area contributed by atoms with E-state index >= 15 is 0 Å². The predicted molar refractivity (Wildman–Crippen MR) is 147 cm³/mol. The van der Waals surface area contributed by atoms with Gasteiger partial charge in [0, 0.05) is 17.7 Å². The van der Waals surface area contributed by atoms with Gasteiger partial charge in [0.1, 0.15) is 11.3 Å². The fourth-order valence-corrected chi connectivity index (χ4v) is 5.96. The largest absolute Gasteiger partial charge is 0.755 e. The number of carbonyl (C=O) groups is 1. The number of carbonyl (C=O) groups excluding carboxylic acids is 1. The van der Waals surface area contributed by atoms with Crippen molar-refractivity contribution < 1.29 is 13.6 Å². The smallest absolute Gasteiger partial charge is 0.269 e. The maximum Gasteiger partial charge on any atom is 0.269 e. The van der Waals surface area contributed by atoms with Crippen molar-refractivity contribution in [3.8, 4) is 10.4 Å². The van der Waals surface area contributed by atoms with E-state index in [4.69, 9.17) is 9.97 Å². The molecule has 1 atom stereocenters. The summed E-state index contributed by atoms with van der Waals surface area (Å²) in [4.78, 5) is 23.3. The average Bonchev–Trinajstić information content (AvgIpc) is 3.50. The van der Waals surface area contributed by atoms with Crippen molar-refractivity contribution >= 4 is 45.4 Å². The zero-order valence-corrected chi connectivity index (χ0v) is 22.3. The van der Waals surface area contributed by atoms with Crippen LogP contribution >= 0.6 is 11.3 Å². The van der Waals surface area contributed by atoms with Crippen LogP contribution in [0.3, 0.4) is 0 Å². The van der Waals surface area contributed by atoms with Crippen molar-refractivity contribution in [3.63, 3.8) is 0 Å². The molecule has 1 amide bonds. The zero-order valence-electron chi connectivity index (χ0n) is 20.7. The van der Waals surface area contributed by atoms with Crippen molar-refractivity contribution in [2.24, 2.45) is 0 Å². The number of fused-ring (bicyclic) bond motifs is 1. The molecule has 0 saturated carbocycles. The Morgan fingerprint density at radius 3 is 2.46 bits per heavy atom. The highest BCUT2D eigenvalue weighted by atomic mass is 32.2. The summed E-state index contributed by atoms with van der Waals surface area (Å²) in [5.74, 6) is 0.385. The van der Waals surface area contributed by atoms with E-state index in [0.29, 0.717) is 22.7 Å². The number of hydrogen-bond donors (Lipinski definition) is 0. The number of pyridine rings is 1. The van der Waals surface area contributed by atoms with Crippen LogP contribution in [0.4, 0.5) is 5.69 Å². The van der Waals surface area contributed by atoms with Crippen LogP contribution in [0.25, 0.3) is 21.6 Å². The highest BCUT2D eigenvalue weighted by Gasteiger charge is 2.23. The number of imidazole rings is 1. The summed E-state index contributed by atoms with van der Waals surface area (Å²) in [6.45, 7) is 6.76. The number of hydrogen-bond acceptors (Lipinski definition) is 6. The molecule has 0 aliphatic rings. The minimum absolute atomic E-state index is 0.303. The molecule has 188 valence electrons. The van der Waals surface area contributed by atoms with Gasteiger partial charge in [-0.05, 0) is 60.2 Å². The molecule has 0 fully saturated rings. The van der Waals surface area contributed by atoms with E-state index in [9.17, 15) is 13.6 Å². The summed E-state index contributed by atoms with van der Waals surface area (Å²) in [7, 11) is 0. The molecule has 0 saturated heterocycles. The van der Waals surface area contributed by atoms with Crippen LogP contribution in [-0.4, -0.2) is 29.2 Å². The minimum atomic E-state index is -2.77. The summed E-state index contributed by atoms with van der Waals surface area (Å²) in [5.41, 5.74) is 6.42. The summed E-state index contributed by atoms with van der Waals surface area (Å²) in [6, 6.07) is 20.1. The fraction of sp³-hybridized carbons (Fsp3) is 0.179. The van der Waals surface area contributed by atoms with Gasteiger partial charge in [-0.15, -0.1) is 11.3 Å². The maximum absolute atomic E-state index is 13.0. The van der Waals surface area contributed by atoms with E-state index < -0.39 is 17.2 Å². The summed E-state index contributed by atoms with van der Waals surface area (Å²) in [6.07, 6.45) is 0.795. The summed E-state index contributed by atoms with van der Waals surface area (Å²) in [5, 5.41) is 1.79. The second-order valence-corrected chi connectivity index (χ2v) is 10.5. The average molecular weight is 530 g/mol. The van der Waals surface area contributed by atoms with Crippen LogP contribution in [-0.2, 0) is 24.2 Å². The van der Waals surface area contributed by atoms with E-state index in [2.05, 4.69) is 18.4 Å². The van der Waals surface area contributed by atoms with E-state index in [1.807, 2.05) is 37.3 Å². The Labute approximate surface area is 221 Å². The van der Waals surface area contributed by atoms with Gasteiger partial charge in [-0.3, -0.25) is 9.00 Å². The molecule has 0 bridgehead atoms. The lowest BCUT2D eigenvalue weighted by molar-refractivity contribution is 0.100. The number of aromatic nitrogens is 3. The van der Waals surface area contributed by atoms with Gasteiger partial charge in [0.2, 0.25) is 0 Å². The minimum Gasteiger partial charge on any atom is -0.755 e. The van der Waals surface area contributed by atoms with Crippen LogP contribution in [0.1, 0.15) is 39.9 Å². The van der Waals surface area contributed by atoms with E-state index in [0.717, 1.165) is 50.1 Å². The molecular formula is C28H25N4O3S2-. The highest BCUT2D eigenvalue weighted by molar-refractivity contribution is 7.81. The lowest BCUT2D eigenvalue weighted by Gasteiger charge is -2.24. The molecule has 3 heterocycles. The lowest BCUT2D eigenvalue weighted by Crippen LogP contribution is -2.32. The number of nitrogens with zero attached hydrogens (tertiary/aromatic N) is 4. The SMILES string of the molecule is CCc1nc2c(C)cc(C)nc2n1Cc1ccc(-c2sccc2N(C(=O)c2ccccc2)S(=O)[O-])cc1. The van der Waals surface area contributed by atoms with Crippen LogP contribution in [0, 0.1) is 13.8 Å². The molecule has 2 aromatic carbocycles. The van der Waals surface area contributed by atoms with E-state index in [-0.39, 0.29) is 0 Å². The van der Waals surface area contributed by atoms with Crippen LogP contribution < -0.4 is 4.31 Å². The standard InChI is InChI=1S/C28H26N4O3S2/c1-4-24-30-25-18(2)16-19(3)29-27(25)31(24)17-20-10-12-21(13-11-20)26-23(14-15-36-26)32(37(34)35)28(33)22-8-6-5-7-9-22/h5-16H,4,17H2,1-3H3,(H,34,35)/p-1. The molecule has 0 aliphatic carbocycles. The van der Waals surface area contributed by atoms with Gasteiger partial charge in [0.05, 0.1) is 28.4 Å². The predicted octanol–water partition coefficient (Wildman–Crippen LogP) is 5.83. The van der Waals surface area contributed by atoms with Gasteiger partial charge < -0.3 is 9.12 Å². The molecule has 5 rings (SSSR count). The third-order valence-corrected chi connectivity index (χ3v) is 7.80. The van der Waals surface area contributed by atoms with Crippen LogP contribution in [0.5, 0.6) is 0 Å². The first-order valence-corrected chi connectivity index (χ1v) is 13.8. The second-order valence-electron chi connectivity index (χ2n) is 8.74. The first-order chi connectivity index (χ1) is 17.9. The van der Waals surface area contributed by atoms with Gasteiger partial charge in [-0.2, -0.15) is 0 Å². The first-order valence-electron chi connectivity index (χ1n) is 11.9. The Balaban J connectivity index is 1.47. The molecule has 1 unspecified atom stereocenters. The number of rotatable bonds is 7. The molecule has 0 spiro atoms. The molecule has 7 nitrogen and oxygen atoms in total. The number of anilines is 1. The third kappa shape index (κ3) is 4.85. The zero-order chi connectivity index (χ0) is 26.1. The number of benzene rings is 2. The number of amides is 1. The third-order valence-electron chi connectivity index (χ3n) is 6.19. The summed E-state index contributed by atoms with van der Waals surface area (Å²) >= 11 is -1.38. The Bertz CT molecular complexity index is 1610. The highest BCUT2D eigenvalue weighted by Crippen LogP contribution is 2.37. The Hall–Kier alpha value is -3.66. The first kappa shape index (κ1) is 25.0. The Morgan fingerprint density at radius 2 is 1.78 bits per heavy atom. The van der Waals surface area contributed by atoms with Gasteiger partial charge in [-0.1, -0.05) is 49.4 Å². The molecule has 37 heavy (non-hydrogen) atoms. The van der Waals surface area contributed by atoms with Crippen molar-refractivity contribution in [1.82, 2.24) is 14.5 Å². The Morgan fingerprint density at radius 1 is 1.05 bits per heavy atom. The molecule has 9 heteroatoms. The normalized spacial score (nSPS) is 12.1. The topological polar surface area (TPSA) is 91.2 Å².